The Bertz CT molecular complexity index is 429. The van der Waals surface area contributed by atoms with Crippen molar-refractivity contribution < 1.29 is 22.7 Å². The van der Waals surface area contributed by atoms with Crippen molar-refractivity contribution in [1.29, 1.82) is 0 Å². The van der Waals surface area contributed by atoms with Gasteiger partial charge in [0.15, 0.2) is 17.5 Å². The van der Waals surface area contributed by atoms with Crippen LogP contribution in [-0.4, -0.2) is 18.6 Å². The molecule has 0 aliphatic rings. The Morgan fingerprint density at radius 3 is 2.32 bits per heavy atom. The largest absolute Gasteiger partial charge is 0.464 e. The van der Waals surface area contributed by atoms with Gasteiger partial charge in [-0.15, -0.1) is 0 Å². The van der Waals surface area contributed by atoms with Crippen molar-refractivity contribution in [1.82, 2.24) is 0 Å². The second-order valence-corrected chi connectivity index (χ2v) is 3.99. The van der Waals surface area contributed by atoms with Gasteiger partial charge in [0.25, 0.3) is 0 Å². The topological polar surface area (TPSA) is 38.3 Å². The van der Waals surface area contributed by atoms with E-state index in [-0.39, 0.29) is 12.3 Å². The molecule has 0 heterocycles. The van der Waals surface area contributed by atoms with Crippen LogP contribution in [-0.2, 0) is 9.53 Å². The Morgan fingerprint density at radius 2 is 1.84 bits per heavy atom. The molecule has 0 fully saturated rings. The van der Waals surface area contributed by atoms with Crippen LogP contribution in [0.3, 0.4) is 0 Å². The number of ether oxygens (including phenoxy) is 1. The molecule has 1 unspecified atom stereocenters. The number of halogens is 3. The van der Waals surface area contributed by atoms with Crippen LogP contribution < -0.4 is 5.32 Å². The predicted molar refractivity (Wildman–Crippen MR) is 65.3 cm³/mol. The first-order valence-corrected chi connectivity index (χ1v) is 6.07. The first-order valence-electron chi connectivity index (χ1n) is 6.07. The first-order chi connectivity index (χ1) is 8.99. The second-order valence-electron chi connectivity index (χ2n) is 3.99. The molecule has 1 atom stereocenters. The van der Waals surface area contributed by atoms with Gasteiger partial charge in [0.1, 0.15) is 6.04 Å². The van der Waals surface area contributed by atoms with Crippen molar-refractivity contribution >= 4 is 11.7 Å². The minimum Gasteiger partial charge on any atom is -0.464 e. The second kappa shape index (κ2) is 7.01. The monoisotopic (exact) mass is 275 g/mol. The minimum absolute atomic E-state index is 0.00269. The van der Waals surface area contributed by atoms with Gasteiger partial charge in [0.2, 0.25) is 0 Å². The van der Waals surface area contributed by atoms with Gasteiger partial charge >= 0.3 is 5.97 Å². The summed E-state index contributed by atoms with van der Waals surface area (Å²) in [5.41, 5.74) is 0.00269. The van der Waals surface area contributed by atoms with Crippen LogP contribution >= 0.6 is 0 Å². The predicted octanol–water partition coefficient (Wildman–Crippen LogP) is 3.25. The quantitative estimate of drug-likeness (QED) is 0.639. The van der Waals surface area contributed by atoms with Crippen LogP contribution in [0.4, 0.5) is 18.9 Å². The Hall–Kier alpha value is -1.72. The fourth-order valence-electron chi connectivity index (χ4n) is 1.62. The van der Waals surface area contributed by atoms with E-state index in [1.807, 2.05) is 6.92 Å². The molecule has 0 aliphatic carbocycles. The van der Waals surface area contributed by atoms with Crippen LogP contribution in [0.5, 0.6) is 0 Å². The lowest BCUT2D eigenvalue weighted by molar-refractivity contribution is -0.144. The number of anilines is 1. The summed E-state index contributed by atoms with van der Waals surface area (Å²) in [7, 11) is 0. The molecule has 0 bridgehead atoms. The summed E-state index contributed by atoms with van der Waals surface area (Å²) in [6.45, 7) is 3.74. The zero-order chi connectivity index (χ0) is 14.4. The number of nitrogens with one attached hydrogen (secondary N) is 1. The third-order valence-electron chi connectivity index (χ3n) is 2.47. The number of esters is 1. The molecule has 6 heteroatoms. The van der Waals surface area contributed by atoms with Crippen LogP contribution in [0.15, 0.2) is 12.1 Å². The molecule has 0 aromatic heterocycles. The summed E-state index contributed by atoms with van der Waals surface area (Å²) in [6, 6.07) is 0.898. The molecule has 19 heavy (non-hydrogen) atoms. The first kappa shape index (κ1) is 15.3. The van der Waals surface area contributed by atoms with Gasteiger partial charge in [-0.3, -0.25) is 0 Å². The Morgan fingerprint density at radius 1 is 1.26 bits per heavy atom. The summed E-state index contributed by atoms with van der Waals surface area (Å²) >= 11 is 0. The van der Waals surface area contributed by atoms with Gasteiger partial charge in [-0.2, -0.15) is 0 Å². The average molecular weight is 275 g/mol. The molecule has 1 rings (SSSR count). The molecule has 0 spiro atoms. The van der Waals surface area contributed by atoms with Crippen LogP contribution in [0, 0.1) is 17.5 Å². The molecule has 0 radical (unpaired) electrons. The van der Waals surface area contributed by atoms with E-state index >= 15 is 0 Å². The lowest BCUT2D eigenvalue weighted by atomic mass is 10.1. The molecule has 1 aromatic rings. The third-order valence-corrected chi connectivity index (χ3v) is 2.47. The van der Waals surface area contributed by atoms with E-state index in [1.54, 1.807) is 6.92 Å². The zero-order valence-electron chi connectivity index (χ0n) is 10.8. The Labute approximate surface area is 109 Å². The van der Waals surface area contributed by atoms with E-state index in [4.69, 9.17) is 4.74 Å². The van der Waals surface area contributed by atoms with E-state index in [2.05, 4.69) is 5.32 Å². The van der Waals surface area contributed by atoms with E-state index < -0.39 is 29.5 Å². The lowest BCUT2D eigenvalue weighted by Crippen LogP contribution is -2.31. The summed E-state index contributed by atoms with van der Waals surface area (Å²) in [4.78, 5) is 11.6. The lowest BCUT2D eigenvalue weighted by Gasteiger charge is -2.17. The molecule has 106 valence electrons. The van der Waals surface area contributed by atoms with Gasteiger partial charge < -0.3 is 10.1 Å². The molecule has 0 saturated heterocycles. The number of carbonyl (C=O) groups excluding carboxylic acids is 1. The highest BCUT2D eigenvalue weighted by atomic mass is 19.2. The van der Waals surface area contributed by atoms with Gasteiger partial charge in [-0.05, 0) is 13.3 Å². The van der Waals surface area contributed by atoms with E-state index in [1.165, 1.54) is 0 Å². The molecular formula is C13H16F3NO2. The summed E-state index contributed by atoms with van der Waals surface area (Å²) in [6.07, 6.45) is 1.13. The summed E-state index contributed by atoms with van der Waals surface area (Å²) in [5, 5.41) is 2.65. The number of carbonyl (C=O) groups is 1. The molecule has 0 amide bonds. The Balaban J connectivity index is 2.87. The minimum atomic E-state index is -1.53. The highest BCUT2D eigenvalue weighted by Crippen LogP contribution is 2.19. The van der Waals surface area contributed by atoms with Gasteiger partial charge in [0, 0.05) is 17.8 Å². The third kappa shape index (κ3) is 4.15. The molecule has 1 aromatic carbocycles. The van der Waals surface area contributed by atoms with Crippen LogP contribution in [0.25, 0.3) is 0 Å². The zero-order valence-corrected chi connectivity index (χ0v) is 10.8. The molecule has 3 nitrogen and oxygen atoms in total. The highest BCUT2D eigenvalue weighted by Gasteiger charge is 2.20. The Kier molecular flexibility index (Phi) is 5.66. The van der Waals surface area contributed by atoms with Crippen molar-refractivity contribution in [2.75, 3.05) is 11.9 Å². The van der Waals surface area contributed by atoms with E-state index in [9.17, 15) is 18.0 Å². The number of hydrogen-bond donors (Lipinski definition) is 1. The smallest absolute Gasteiger partial charge is 0.328 e. The molecule has 0 aliphatic heterocycles. The van der Waals surface area contributed by atoms with Crippen molar-refractivity contribution in [3.05, 3.63) is 29.6 Å². The van der Waals surface area contributed by atoms with Gasteiger partial charge in [0.05, 0.1) is 6.61 Å². The average Bonchev–Trinajstić information content (AvgIpc) is 2.35. The standard InChI is InChI=1S/C13H16F3NO2/c1-3-5-11(13(18)19-4-2)17-8-6-9(14)12(16)10(15)7-8/h6-7,11,17H,3-5H2,1-2H3. The van der Waals surface area contributed by atoms with Crippen molar-refractivity contribution in [3.63, 3.8) is 0 Å². The van der Waals surface area contributed by atoms with Crippen molar-refractivity contribution in [2.24, 2.45) is 0 Å². The number of rotatable bonds is 6. The fraction of sp³-hybridized carbons (Fsp3) is 0.462. The van der Waals surface area contributed by atoms with Gasteiger partial charge in [-0.1, -0.05) is 13.3 Å². The van der Waals surface area contributed by atoms with Crippen LogP contribution in [0.2, 0.25) is 0 Å². The number of benzene rings is 1. The molecule has 0 saturated carbocycles. The summed E-state index contributed by atoms with van der Waals surface area (Å²) in [5.74, 6) is -4.65. The van der Waals surface area contributed by atoms with Crippen LogP contribution in [0.1, 0.15) is 26.7 Å². The number of hydrogen-bond acceptors (Lipinski definition) is 3. The SMILES string of the molecule is CCCC(Nc1cc(F)c(F)c(F)c1)C(=O)OCC. The summed E-state index contributed by atoms with van der Waals surface area (Å²) < 4.78 is 43.8. The maximum absolute atomic E-state index is 13.1. The van der Waals surface area contributed by atoms with Crippen molar-refractivity contribution in [3.8, 4) is 0 Å². The fourth-order valence-corrected chi connectivity index (χ4v) is 1.62. The molecular weight excluding hydrogens is 259 g/mol. The van der Waals surface area contributed by atoms with E-state index in [0.717, 1.165) is 12.1 Å². The maximum Gasteiger partial charge on any atom is 0.328 e. The highest BCUT2D eigenvalue weighted by molar-refractivity contribution is 5.79. The van der Waals surface area contributed by atoms with E-state index in [0.29, 0.717) is 12.8 Å². The van der Waals surface area contributed by atoms with Crippen molar-refractivity contribution in [2.45, 2.75) is 32.7 Å². The maximum atomic E-state index is 13.1. The normalized spacial score (nSPS) is 12.1. The van der Waals surface area contributed by atoms with Gasteiger partial charge in [-0.25, -0.2) is 18.0 Å². The molecule has 1 N–H and O–H groups in total.